The lowest BCUT2D eigenvalue weighted by Crippen LogP contribution is -2.58. The quantitative estimate of drug-likeness (QED) is 0.429. The summed E-state index contributed by atoms with van der Waals surface area (Å²) in [6.07, 6.45) is -2.29. The fourth-order valence-corrected chi connectivity index (χ4v) is 3.74. The van der Waals surface area contributed by atoms with Crippen molar-refractivity contribution in [3.63, 3.8) is 0 Å². The van der Waals surface area contributed by atoms with Crippen molar-refractivity contribution in [2.75, 3.05) is 25.1 Å². The molecule has 7 nitrogen and oxygen atoms in total. The summed E-state index contributed by atoms with van der Waals surface area (Å²) in [4.78, 5) is 0. The zero-order valence-electron chi connectivity index (χ0n) is 16.8. The van der Waals surface area contributed by atoms with Crippen LogP contribution in [0.5, 0.6) is 5.75 Å². The lowest BCUT2D eigenvalue weighted by Gasteiger charge is -2.40. The molecule has 5 N–H and O–H groups in total. The van der Waals surface area contributed by atoms with Crippen LogP contribution in [0.25, 0.3) is 0 Å². The minimum Gasteiger partial charge on any atom is -0.490 e. The normalized spacial score (nSPS) is 29.6. The summed E-state index contributed by atoms with van der Waals surface area (Å²) in [5.41, 5.74) is 3.04. The van der Waals surface area contributed by atoms with Crippen LogP contribution in [-0.4, -0.2) is 70.7 Å². The van der Waals surface area contributed by atoms with Crippen molar-refractivity contribution in [3.05, 3.63) is 58.7 Å². The van der Waals surface area contributed by atoms with Crippen molar-refractivity contribution in [2.45, 2.75) is 43.9 Å². The van der Waals surface area contributed by atoms with Gasteiger partial charge in [0.15, 0.2) is 0 Å². The minimum atomic E-state index is -1.46. The molecule has 0 aromatic heterocycles. The predicted molar refractivity (Wildman–Crippen MR) is 115 cm³/mol. The summed E-state index contributed by atoms with van der Waals surface area (Å²) in [5, 5.41) is 43.6. The van der Waals surface area contributed by atoms with Crippen molar-refractivity contribution < 1.29 is 29.9 Å². The molecule has 8 heteroatoms. The second-order valence-electron chi connectivity index (χ2n) is 7.41. The van der Waals surface area contributed by atoms with E-state index in [9.17, 15) is 20.4 Å². The van der Waals surface area contributed by atoms with Crippen LogP contribution in [0.15, 0.2) is 53.1 Å². The Kier molecular flexibility index (Phi) is 7.57. The molecule has 1 fully saturated rings. The van der Waals surface area contributed by atoms with Gasteiger partial charge in [0.2, 0.25) is 0 Å². The molecule has 0 spiro atoms. The molecule has 0 saturated carbocycles. The van der Waals surface area contributed by atoms with E-state index in [0.29, 0.717) is 23.6 Å². The van der Waals surface area contributed by atoms with E-state index in [-0.39, 0.29) is 0 Å². The third kappa shape index (κ3) is 4.88. The first kappa shape index (κ1) is 22.8. The minimum absolute atomic E-state index is 0.376. The molecule has 0 radical (unpaired) electrons. The first-order valence-corrected chi connectivity index (χ1v) is 10.2. The molecule has 2 aliphatic heterocycles. The number of hydrogen-bond acceptors (Lipinski definition) is 7. The number of fused-ring (bicyclic) bond motifs is 1. The molecule has 1 saturated heterocycles. The average molecular weight is 438 g/mol. The van der Waals surface area contributed by atoms with E-state index in [1.165, 1.54) is 0 Å². The number of rotatable bonds is 6. The molecule has 2 heterocycles. The van der Waals surface area contributed by atoms with Gasteiger partial charge in [0, 0.05) is 11.6 Å². The fraction of sp³-hybridized carbons (Fsp3) is 0.455. The maximum Gasteiger partial charge on any atom is 0.142 e. The summed E-state index contributed by atoms with van der Waals surface area (Å²) in [6, 6.07) is 5.86. The van der Waals surface area contributed by atoms with E-state index in [1.807, 2.05) is 25.1 Å². The number of allylic oxidation sites excluding steroid dienone is 3. The Bertz CT molecular complexity index is 837. The summed E-state index contributed by atoms with van der Waals surface area (Å²) in [7, 11) is 0. The molecular weight excluding hydrogens is 410 g/mol. The van der Waals surface area contributed by atoms with Crippen LogP contribution < -0.4 is 10.1 Å². The number of benzene rings is 1. The van der Waals surface area contributed by atoms with Crippen LogP contribution in [0, 0.1) is 0 Å². The molecule has 0 unspecified atom stereocenters. The summed E-state index contributed by atoms with van der Waals surface area (Å²) in [5.74, 6) is 0.804. The van der Waals surface area contributed by atoms with E-state index < -0.39 is 37.1 Å². The van der Waals surface area contributed by atoms with Crippen LogP contribution in [0.3, 0.4) is 0 Å². The number of anilines is 1. The first-order valence-electron chi connectivity index (χ1n) is 9.87. The third-order valence-electron chi connectivity index (χ3n) is 5.29. The topological polar surface area (TPSA) is 111 Å². The lowest BCUT2D eigenvalue weighted by atomic mass is 9.90. The van der Waals surface area contributed by atoms with Gasteiger partial charge in [-0.3, -0.25) is 0 Å². The van der Waals surface area contributed by atoms with Gasteiger partial charge < -0.3 is 35.2 Å². The zero-order valence-corrected chi connectivity index (χ0v) is 17.5. The second-order valence-corrected chi connectivity index (χ2v) is 7.82. The zero-order chi connectivity index (χ0) is 21.8. The molecule has 1 aromatic carbocycles. The number of ether oxygens (including phenoxy) is 2. The van der Waals surface area contributed by atoms with Crippen LogP contribution in [0.1, 0.15) is 12.5 Å². The molecule has 0 bridgehead atoms. The smallest absolute Gasteiger partial charge is 0.142 e. The molecular formula is C22H28ClNO6. The van der Waals surface area contributed by atoms with Crippen molar-refractivity contribution in [1.29, 1.82) is 0 Å². The molecule has 5 atom stereocenters. The van der Waals surface area contributed by atoms with E-state index in [4.69, 9.17) is 21.1 Å². The van der Waals surface area contributed by atoms with Gasteiger partial charge in [-0.2, -0.15) is 0 Å². The highest BCUT2D eigenvalue weighted by Crippen LogP contribution is 2.32. The highest BCUT2D eigenvalue weighted by Gasteiger charge is 2.44. The van der Waals surface area contributed by atoms with Gasteiger partial charge >= 0.3 is 0 Å². The van der Waals surface area contributed by atoms with Gasteiger partial charge in [0.1, 0.15) is 42.9 Å². The Morgan fingerprint density at radius 2 is 2.03 bits per heavy atom. The average Bonchev–Trinajstić information content (AvgIpc) is 2.76. The predicted octanol–water partition coefficient (Wildman–Crippen LogP) is 1.50. The standard InChI is InChI=1S/C22H28ClNO6/c1-3-15(23)14(9-13-4-5-17-16(10-13)24-6-7-29-17)8-12(2)22-21(28)20(27)19(26)18(11-25)30-22/h3-5,8,10,18-22,24-28H,2,6-7,9,11H2,1H3/b14-8-,15-3+/t18-,19-,20+,21-,22+/m1/s1. The van der Waals surface area contributed by atoms with E-state index in [1.54, 1.807) is 12.2 Å². The van der Waals surface area contributed by atoms with Crippen LogP contribution in [0.4, 0.5) is 5.69 Å². The SMILES string of the molecule is C=C(/C=C(Cc1ccc2c(c1)NCCO2)\C(Cl)=C/C)[C@@H]1O[C@H](CO)[C@@H](O)[C@H](O)[C@H]1O. The van der Waals surface area contributed by atoms with E-state index in [0.717, 1.165) is 29.1 Å². The number of aliphatic hydroxyl groups excluding tert-OH is 4. The highest BCUT2D eigenvalue weighted by atomic mass is 35.5. The number of aliphatic hydroxyl groups is 4. The van der Waals surface area contributed by atoms with E-state index >= 15 is 0 Å². The van der Waals surface area contributed by atoms with Gasteiger partial charge in [0.05, 0.1) is 12.3 Å². The maximum atomic E-state index is 10.3. The second kappa shape index (κ2) is 9.96. The summed E-state index contributed by atoms with van der Waals surface area (Å²) in [6.45, 7) is 6.66. The molecule has 0 aliphatic carbocycles. The monoisotopic (exact) mass is 437 g/mol. The van der Waals surface area contributed by atoms with Crippen LogP contribution >= 0.6 is 11.6 Å². The Morgan fingerprint density at radius 1 is 1.27 bits per heavy atom. The molecule has 0 amide bonds. The summed E-state index contributed by atoms with van der Waals surface area (Å²) < 4.78 is 11.2. The maximum absolute atomic E-state index is 10.3. The Morgan fingerprint density at radius 3 is 2.73 bits per heavy atom. The first-order chi connectivity index (χ1) is 14.3. The van der Waals surface area contributed by atoms with E-state index in [2.05, 4.69) is 11.9 Å². The Hall–Kier alpha value is -1.87. The Balaban J connectivity index is 1.83. The van der Waals surface area contributed by atoms with Gasteiger partial charge in [-0.25, -0.2) is 0 Å². The van der Waals surface area contributed by atoms with Crippen molar-refractivity contribution in [1.82, 2.24) is 0 Å². The lowest BCUT2D eigenvalue weighted by molar-refractivity contribution is -0.218. The number of halogens is 1. The highest BCUT2D eigenvalue weighted by molar-refractivity contribution is 6.32. The molecule has 3 rings (SSSR count). The summed E-state index contributed by atoms with van der Waals surface area (Å²) >= 11 is 6.43. The van der Waals surface area contributed by atoms with Gasteiger partial charge in [-0.1, -0.05) is 36.4 Å². The molecule has 2 aliphatic rings. The number of nitrogens with one attached hydrogen (secondary N) is 1. The van der Waals surface area contributed by atoms with Crippen molar-refractivity contribution >= 4 is 17.3 Å². The Labute approximate surface area is 180 Å². The van der Waals surface area contributed by atoms with Gasteiger partial charge in [-0.05, 0) is 42.2 Å². The molecule has 30 heavy (non-hydrogen) atoms. The van der Waals surface area contributed by atoms with Crippen molar-refractivity contribution in [2.24, 2.45) is 0 Å². The van der Waals surface area contributed by atoms with Gasteiger partial charge in [0.25, 0.3) is 0 Å². The van der Waals surface area contributed by atoms with Gasteiger partial charge in [-0.15, -0.1) is 0 Å². The van der Waals surface area contributed by atoms with Crippen molar-refractivity contribution in [3.8, 4) is 5.75 Å². The van der Waals surface area contributed by atoms with Crippen LogP contribution in [0.2, 0.25) is 0 Å². The number of hydrogen-bond donors (Lipinski definition) is 5. The molecule has 1 aromatic rings. The molecule has 164 valence electrons. The van der Waals surface area contributed by atoms with Crippen LogP contribution in [-0.2, 0) is 11.2 Å². The third-order valence-corrected chi connectivity index (χ3v) is 5.75. The largest absolute Gasteiger partial charge is 0.490 e. The fourth-order valence-electron chi connectivity index (χ4n) is 3.62.